The van der Waals surface area contributed by atoms with Gasteiger partial charge in [0.25, 0.3) is 0 Å². The van der Waals surface area contributed by atoms with Gasteiger partial charge in [0.05, 0.1) is 11.9 Å². The molecule has 0 aliphatic heterocycles. The Hall–Kier alpha value is -1.80. The summed E-state index contributed by atoms with van der Waals surface area (Å²) in [6.07, 6.45) is -6.93. The molecular weight excluding hydrogens is 355 g/mol. The van der Waals surface area contributed by atoms with Gasteiger partial charge in [0.15, 0.2) is 11.9 Å². The lowest BCUT2D eigenvalue weighted by Gasteiger charge is -2.20. The Bertz CT molecular complexity index is 727. The van der Waals surface area contributed by atoms with Crippen LogP contribution in [0.3, 0.4) is 0 Å². The molecule has 1 aromatic carbocycles. The molecule has 0 aliphatic carbocycles. The fourth-order valence-corrected chi connectivity index (χ4v) is 2.15. The average Bonchev–Trinajstić information content (AvgIpc) is 2.39. The summed E-state index contributed by atoms with van der Waals surface area (Å²) in [6, 6.07) is 6.75. The van der Waals surface area contributed by atoms with E-state index in [0.717, 1.165) is 10.8 Å². The third-order valence-electron chi connectivity index (χ3n) is 2.74. The molecular formula is C13H9BrF3NO3. The monoisotopic (exact) mass is 363 g/mol. The number of alkyl halides is 3. The number of aromatic hydroxyl groups is 1. The van der Waals surface area contributed by atoms with E-state index < -0.39 is 29.2 Å². The molecule has 21 heavy (non-hydrogen) atoms. The van der Waals surface area contributed by atoms with Crippen molar-refractivity contribution >= 4 is 15.9 Å². The molecule has 0 aliphatic rings. The van der Waals surface area contributed by atoms with E-state index in [-0.39, 0.29) is 5.69 Å². The summed E-state index contributed by atoms with van der Waals surface area (Å²) in [7, 11) is 0. The standard InChI is InChI=1S/C13H9BrF3NO3/c14-7-2-1-3-8(4-7)18-6-11(20)10(19)5-9(18)12(21)13(15,16)17/h1-6,12,20-21H. The number of aliphatic hydroxyl groups excluding tert-OH is 1. The molecule has 0 bridgehead atoms. The minimum absolute atomic E-state index is 0.248. The number of halogens is 4. The van der Waals surface area contributed by atoms with E-state index in [1.54, 1.807) is 12.1 Å². The zero-order chi connectivity index (χ0) is 15.8. The van der Waals surface area contributed by atoms with Crippen LogP contribution in [0.25, 0.3) is 5.69 Å². The van der Waals surface area contributed by atoms with E-state index in [9.17, 15) is 28.2 Å². The zero-order valence-corrected chi connectivity index (χ0v) is 11.9. The second-order valence-electron chi connectivity index (χ2n) is 4.24. The predicted octanol–water partition coefficient (Wildman–Crippen LogP) is 2.90. The molecule has 8 heteroatoms. The Morgan fingerprint density at radius 2 is 1.90 bits per heavy atom. The lowest BCUT2D eigenvalue weighted by molar-refractivity contribution is -0.208. The van der Waals surface area contributed by atoms with Gasteiger partial charge in [0.1, 0.15) is 0 Å². The summed E-state index contributed by atoms with van der Waals surface area (Å²) in [5.74, 6) is -0.715. The summed E-state index contributed by atoms with van der Waals surface area (Å²) in [5, 5.41) is 18.8. The van der Waals surface area contributed by atoms with Crippen LogP contribution in [0.2, 0.25) is 0 Å². The molecule has 1 aromatic heterocycles. The Morgan fingerprint density at radius 1 is 1.24 bits per heavy atom. The van der Waals surface area contributed by atoms with Gasteiger partial charge in [0.2, 0.25) is 5.43 Å². The molecule has 0 saturated heterocycles. The summed E-state index contributed by atoms with van der Waals surface area (Å²) < 4.78 is 39.6. The minimum atomic E-state index is -4.93. The number of hydrogen-bond acceptors (Lipinski definition) is 3. The van der Waals surface area contributed by atoms with E-state index in [1.165, 1.54) is 12.1 Å². The van der Waals surface area contributed by atoms with Crippen molar-refractivity contribution in [3.05, 3.63) is 56.9 Å². The van der Waals surface area contributed by atoms with Gasteiger partial charge in [-0.25, -0.2) is 0 Å². The lowest BCUT2D eigenvalue weighted by Crippen LogP contribution is -2.25. The van der Waals surface area contributed by atoms with Gasteiger partial charge in [-0.15, -0.1) is 0 Å². The zero-order valence-electron chi connectivity index (χ0n) is 10.3. The van der Waals surface area contributed by atoms with E-state index >= 15 is 0 Å². The molecule has 112 valence electrons. The number of nitrogens with zero attached hydrogens (tertiary/aromatic N) is 1. The van der Waals surface area contributed by atoms with E-state index in [1.807, 2.05) is 0 Å². The van der Waals surface area contributed by atoms with E-state index in [0.29, 0.717) is 10.5 Å². The van der Waals surface area contributed by atoms with Crippen LogP contribution in [0, 0.1) is 0 Å². The number of hydrogen-bond donors (Lipinski definition) is 2. The Kier molecular flexibility index (Phi) is 4.11. The molecule has 2 aromatic rings. The molecule has 0 amide bonds. The van der Waals surface area contributed by atoms with Gasteiger partial charge in [-0.3, -0.25) is 4.79 Å². The fraction of sp³-hybridized carbons (Fsp3) is 0.154. The van der Waals surface area contributed by atoms with Crippen molar-refractivity contribution < 1.29 is 23.4 Å². The summed E-state index contributed by atoms with van der Waals surface area (Å²) in [5.41, 5.74) is -1.43. The minimum Gasteiger partial charge on any atom is -0.503 e. The molecule has 1 heterocycles. The third kappa shape index (κ3) is 3.27. The van der Waals surface area contributed by atoms with Crippen molar-refractivity contribution in [1.29, 1.82) is 0 Å². The van der Waals surface area contributed by atoms with Crippen molar-refractivity contribution in [2.45, 2.75) is 12.3 Å². The lowest BCUT2D eigenvalue weighted by atomic mass is 10.2. The molecule has 2 rings (SSSR count). The Labute approximate surface area is 125 Å². The molecule has 1 unspecified atom stereocenters. The first-order valence-electron chi connectivity index (χ1n) is 5.66. The van der Waals surface area contributed by atoms with Crippen LogP contribution >= 0.6 is 15.9 Å². The van der Waals surface area contributed by atoms with E-state index in [4.69, 9.17) is 0 Å². The highest BCUT2D eigenvalue weighted by atomic mass is 79.9. The summed E-state index contributed by atoms with van der Waals surface area (Å²) >= 11 is 3.17. The van der Waals surface area contributed by atoms with Crippen molar-refractivity contribution in [2.24, 2.45) is 0 Å². The highest BCUT2D eigenvalue weighted by Crippen LogP contribution is 2.33. The van der Waals surface area contributed by atoms with Gasteiger partial charge in [-0.05, 0) is 18.2 Å². The second kappa shape index (κ2) is 5.53. The Balaban J connectivity index is 2.70. The number of aromatic nitrogens is 1. The first kappa shape index (κ1) is 15.6. The highest BCUT2D eigenvalue weighted by molar-refractivity contribution is 9.10. The second-order valence-corrected chi connectivity index (χ2v) is 5.16. The van der Waals surface area contributed by atoms with Gasteiger partial charge in [-0.1, -0.05) is 22.0 Å². The van der Waals surface area contributed by atoms with E-state index in [2.05, 4.69) is 15.9 Å². The van der Waals surface area contributed by atoms with Gasteiger partial charge in [0, 0.05) is 16.2 Å². The van der Waals surface area contributed by atoms with Crippen LogP contribution in [0.4, 0.5) is 13.2 Å². The highest BCUT2D eigenvalue weighted by Gasteiger charge is 2.41. The summed E-state index contributed by atoms with van der Waals surface area (Å²) in [4.78, 5) is 11.4. The SMILES string of the molecule is O=c1cc(C(O)C(F)(F)F)n(-c2cccc(Br)c2)cc1O. The first-order chi connectivity index (χ1) is 9.70. The average molecular weight is 364 g/mol. The largest absolute Gasteiger partial charge is 0.503 e. The third-order valence-corrected chi connectivity index (χ3v) is 3.23. The topological polar surface area (TPSA) is 62.5 Å². The summed E-state index contributed by atoms with van der Waals surface area (Å²) in [6.45, 7) is 0. The van der Waals surface area contributed by atoms with Crippen LogP contribution in [-0.2, 0) is 0 Å². The van der Waals surface area contributed by atoms with Gasteiger partial charge in [-0.2, -0.15) is 13.2 Å². The molecule has 2 N–H and O–H groups in total. The van der Waals surface area contributed by atoms with Gasteiger partial charge >= 0.3 is 6.18 Å². The smallest absolute Gasteiger partial charge is 0.420 e. The van der Waals surface area contributed by atoms with Crippen LogP contribution in [-0.4, -0.2) is 21.0 Å². The first-order valence-corrected chi connectivity index (χ1v) is 6.46. The molecule has 0 spiro atoms. The van der Waals surface area contributed by atoms with Crippen LogP contribution in [0.15, 0.2) is 45.8 Å². The maximum absolute atomic E-state index is 12.7. The van der Waals surface area contributed by atoms with Crippen LogP contribution in [0.5, 0.6) is 5.75 Å². The Morgan fingerprint density at radius 3 is 2.48 bits per heavy atom. The molecule has 0 fully saturated rings. The van der Waals surface area contributed by atoms with Crippen LogP contribution in [0.1, 0.15) is 11.8 Å². The van der Waals surface area contributed by atoms with Crippen molar-refractivity contribution in [2.75, 3.05) is 0 Å². The van der Waals surface area contributed by atoms with Gasteiger partial charge < -0.3 is 14.8 Å². The molecule has 1 atom stereocenters. The fourth-order valence-electron chi connectivity index (χ4n) is 1.77. The maximum atomic E-state index is 12.7. The van der Waals surface area contributed by atoms with Crippen LogP contribution < -0.4 is 5.43 Å². The number of rotatable bonds is 2. The molecule has 0 radical (unpaired) electrons. The quantitative estimate of drug-likeness (QED) is 0.862. The number of benzene rings is 1. The molecule has 0 saturated carbocycles. The van der Waals surface area contributed by atoms with Crippen molar-refractivity contribution in [3.63, 3.8) is 0 Å². The normalized spacial score (nSPS) is 13.2. The van der Waals surface area contributed by atoms with Crippen molar-refractivity contribution in [3.8, 4) is 11.4 Å². The predicted molar refractivity (Wildman–Crippen MR) is 72.4 cm³/mol. The van der Waals surface area contributed by atoms with Crippen molar-refractivity contribution in [1.82, 2.24) is 4.57 Å². The molecule has 4 nitrogen and oxygen atoms in total. The maximum Gasteiger partial charge on any atom is 0.420 e. The number of aliphatic hydroxyl groups is 1. The number of pyridine rings is 1.